The van der Waals surface area contributed by atoms with Crippen molar-refractivity contribution < 1.29 is 4.79 Å². The monoisotopic (exact) mass is 319 g/mol. The predicted octanol–water partition coefficient (Wildman–Crippen LogP) is 4.28. The van der Waals surface area contributed by atoms with Gasteiger partial charge in [0.2, 0.25) is 0 Å². The van der Waals surface area contributed by atoms with E-state index >= 15 is 0 Å². The van der Waals surface area contributed by atoms with Crippen LogP contribution in [0, 0.1) is 12.8 Å². The molecule has 0 saturated heterocycles. The summed E-state index contributed by atoms with van der Waals surface area (Å²) in [4.78, 5) is 12.4. The number of benzene rings is 2. The quantitative estimate of drug-likeness (QED) is 0.772. The topological polar surface area (TPSA) is 29.1 Å². The molecule has 124 valence electrons. The second-order valence-corrected chi connectivity index (χ2v) is 7.51. The number of carbonyl (C=O) groups is 1. The van der Waals surface area contributed by atoms with Crippen LogP contribution in [0.2, 0.25) is 0 Å². The van der Waals surface area contributed by atoms with Gasteiger partial charge < -0.3 is 5.32 Å². The van der Waals surface area contributed by atoms with Crippen molar-refractivity contribution in [3.05, 3.63) is 70.8 Å². The maximum Gasteiger partial charge on any atom is 0.167 e. The molecule has 2 heteroatoms. The minimum Gasteiger partial charge on any atom is -0.313 e. The van der Waals surface area contributed by atoms with Crippen molar-refractivity contribution in [1.82, 2.24) is 5.32 Å². The highest BCUT2D eigenvalue weighted by Gasteiger charge is 2.38. The molecule has 1 N–H and O–H groups in total. The number of carbonyl (C=O) groups excluding carboxylic acids is 1. The highest BCUT2D eigenvalue weighted by molar-refractivity contribution is 5.97. The van der Waals surface area contributed by atoms with Crippen LogP contribution >= 0.6 is 0 Å². The average molecular weight is 319 g/mol. The summed E-state index contributed by atoms with van der Waals surface area (Å²) in [6.45, 7) is 3.22. The van der Waals surface area contributed by atoms with Gasteiger partial charge in [0, 0.05) is 23.9 Å². The summed E-state index contributed by atoms with van der Waals surface area (Å²) in [5.41, 5.74) is 4.46. The Kier molecular flexibility index (Phi) is 4.24. The SMILES string of the molecule is Cc1cccc(C(=O)Cc2ccc(C3CC3NCC3CC3)cc2)c1. The molecular formula is C22H25NO. The zero-order valence-electron chi connectivity index (χ0n) is 14.3. The summed E-state index contributed by atoms with van der Waals surface area (Å²) in [6.07, 6.45) is 4.56. The molecule has 2 aliphatic carbocycles. The van der Waals surface area contributed by atoms with Crippen molar-refractivity contribution in [2.24, 2.45) is 5.92 Å². The van der Waals surface area contributed by atoms with Crippen LogP contribution in [0.25, 0.3) is 0 Å². The number of hydrogen-bond acceptors (Lipinski definition) is 2. The van der Waals surface area contributed by atoms with E-state index in [-0.39, 0.29) is 5.78 Å². The van der Waals surface area contributed by atoms with Crippen LogP contribution in [0.5, 0.6) is 0 Å². The van der Waals surface area contributed by atoms with Crippen molar-refractivity contribution in [2.75, 3.05) is 6.54 Å². The third-order valence-corrected chi connectivity index (χ3v) is 5.27. The lowest BCUT2D eigenvalue weighted by Gasteiger charge is -2.06. The number of nitrogens with one attached hydrogen (secondary N) is 1. The van der Waals surface area contributed by atoms with Crippen molar-refractivity contribution in [3.63, 3.8) is 0 Å². The first-order valence-corrected chi connectivity index (χ1v) is 9.11. The Morgan fingerprint density at radius 1 is 1.12 bits per heavy atom. The Bertz CT molecular complexity index is 730. The molecule has 2 aromatic rings. The summed E-state index contributed by atoms with van der Waals surface area (Å²) in [5.74, 6) is 1.81. The van der Waals surface area contributed by atoms with Crippen LogP contribution in [0.1, 0.15) is 52.2 Å². The summed E-state index contributed by atoms with van der Waals surface area (Å²) >= 11 is 0. The van der Waals surface area contributed by atoms with Crippen LogP contribution in [0.4, 0.5) is 0 Å². The van der Waals surface area contributed by atoms with E-state index in [9.17, 15) is 4.79 Å². The molecule has 4 rings (SSSR count). The molecule has 2 unspecified atom stereocenters. The average Bonchev–Trinajstić information content (AvgIpc) is 3.48. The third kappa shape index (κ3) is 3.76. The number of aryl methyl sites for hydroxylation is 1. The number of rotatable bonds is 7. The minimum absolute atomic E-state index is 0.196. The van der Waals surface area contributed by atoms with Crippen LogP contribution in [0.3, 0.4) is 0 Å². The van der Waals surface area contributed by atoms with Gasteiger partial charge in [-0.3, -0.25) is 4.79 Å². The highest BCUT2D eigenvalue weighted by atomic mass is 16.1. The molecule has 0 aromatic heterocycles. The zero-order valence-corrected chi connectivity index (χ0v) is 14.3. The van der Waals surface area contributed by atoms with E-state index in [1.165, 1.54) is 31.4 Å². The third-order valence-electron chi connectivity index (χ3n) is 5.27. The standard InChI is InChI=1S/C22H25NO/c1-15-3-2-4-19(11-15)22(24)12-16-7-9-18(10-8-16)20-13-21(20)23-14-17-5-6-17/h2-4,7-11,17,20-21,23H,5-6,12-14H2,1H3. The van der Waals surface area contributed by atoms with Crippen LogP contribution in [0.15, 0.2) is 48.5 Å². The van der Waals surface area contributed by atoms with Gasteiger partial charge in [0.1, 0.15) is 0 Å². The molecule has 2 saturated carbocycles. The Balaban J connectivity index is 1.33. The molecule has 0 heterocycles. The Morgan fingerprint density at radius 3 is 2.62 bits per heavy atom. The molecule has 24 heavy (non-hydrogen) atoms. The normalized spacial score (nSPS) is 22.4. The minimum atomic E-state index is 0.196. The van der Waals surface area contributed by atoms with Gasteiger partial charge >= 0.3 is 0 Å². The van der Waals surface area contributed by atoms with Crippen LogP contribution in [-0.2, 0) is 6.42 Å². The zero-order chi connectivity index (χ0) is 16.5. The molecule has 2 fully saturated rings. The molecule has 0 spiro atoms. The van der Waals surface area contributed by atoms with E-state index in [4.69, 9.17) is 0 Å². The lowest BCUT2D eigenvalue weighted by Crippen LogP contribution is -2.20. The Labute approximate surface area is 144 Å². The maximum absolute atomic E-state index is 12.4. The van der Waals surface area contributed by atoms with Crippen molar-refractivity contribution in [3.8, 4) is 0 Å². The first kappa shape index (κ1) is 15.6. The summed E-state index contributed by atoms with van der Waals surface area (Å²) in [6, 6.07) is 17.2. The Hall–Kier alpha value is -1.93. The van der Waals surface area contributed by atoms with Crippen LogP contribution in [-0.4, -0.2) is 18.4 Å². The van der Waals surface area contributed by atoms with Gasteiger partial charge in [0.25, 0.3) is 0 Å². The van der Waals surface area contributed by atoms with E-state index in [0.717, 1.165) is 22.6 Å². The fraction of sp³-hybridized carbons (Fsp3) is 0.409. The fourth-order valence-electron chi connectivity index (χ4n) is 3.42. The fourth-order valence-corrected chi connectivity index (χ4v) is 3.42. The van der Waals surface area contributed by atoms with Gasteiger partial charge in [-0.1, -0.05) is 48.0 Å². The largest absolute Gasteiger partial charge is 0.313 e. The van der Waals surface area contributed by atoms with E-state index < -0.39 is 0 Å². The first-order chi connectivity index (χ1) is 11.7. The van der Waals surface area contributed by atoms with Gasteiger partial charge in [-0.25, -0.2) is 0 Å². The molecular weight excluding hydrogens is 294 g/mol. The number of ketones is 1. The summed E-state index contributed by atoms with van der Waals surface area (Å²) in [5, 5.41) is 3.69. The molecule has 2 aliphatic rings. The lowest BCUT2D eigenvalue weighted by atomic mass is 10.00. The molecule has 2 nitrogen and oxygen atoms in total. The maximum atomic E-state index is 12.4. The lowest BCUT2D eigenvalue weighted by molar-refractivity contribution is 0.0993. The van der Waals surface area contributed by atoms with E-state index in [1.807, 2.05) is 31.2 Å². The van der Waals surface area contributed by atoms with Gasteiger partial charge in [-0.05, 0) is 55.8 Å². The summed E-state index contributed by atoms with van der Waals surface area (Å²) < 4.78 is 0. The van der Waals surface area contributed by atoms with Gasteiger partial charge in [0.15, 0.2) is 5.78 Å². The molecule has 0 bridgehead atoms. The molecule has 0 amide bonds. The molecule has 0 aliphatic heterocycles. The van der Waals surface area contributed by atoms with Gasteiger partial charge in [-0.15, -0.1) is 0 Å². The van der Waals surface area contributed by atoms with Crippen LogP contribution < -0.4 is 5.32 Å². The molecule has 2 atom stereocenters. The highest BCUT2D eigenvalue weighted by Crippen LogP contribution is 2.41. The summed E-state index contributed by atoms with van der Waals surface area (Å²) in [7, 11) is 0. The predicted molar refractivity (Wildman–Crippen MR) is 97.5 cm³/mol. The van der Waals surface area contributed by atoms with Gasteiger partial charge in [-0.2, -0.15) is 0 Å². The van der Waals surface area contributed by atoms with E-state index in [0.29, 0.717) is 18.4 Å². The first-order valence-electron chi connectivity index (χ1n) is 9.11. The van der Waals surface area contributed by atoms with Crippen molar-refractivity contribution >= 4 is 5.78 Å². The smallest absolute Gasteiger partial charge is 0.167 e. The van der Waals surface area contributed by atoms with Crippen molar-refractivity contribution in [2.45, 2.75) is 44.6 Å². The molecule has 0 radical (unpaired) electrons. The number of hydrogen-bond donors (Lipinski definition) is 1. The second kappa shape index (κ2) is 6.52. The van der Waals surface area contributed by atoms with E-state index in [2.05, 4.69) is 29.6 Å². The van der Waals surface area contributed by atoms with E-state index in [1.54, 1.807) is 0 Å². The van der Waals surface area contributed by atoms with Gasteiger partial charge in [0.05, 0.1) is 0 Å². The molecule has 2 aromatic carbocycles. The second-order valence-electron chi connectivity index (χ2n) is 7.51. The number of Topliss-reactive ketones (excluding diaryl/α,β-unsaturated/α-hetero) is 1. The Morgan fingerprint density at radius 2 is 1.92 bits per heavy atom. The van der Waals surface area contributed by atoms with Crippen molar-refractivity contribution in [1.29, 1.82) is 0 Å².